The van der Waals surface area contributed by atoms with Crippen LogP contribution >= 0.6 is 22.7 Å². The van der Waals surface area contributed by atoms with Crippen LogP contribution in [0.4, 0.5) is 11.6 Å². The topological polar surface area (TPSA) is 165 Å². The summed E-state index contributed by atoms with van der Waals surface area (Å²) in [4.78, 5) is 86.5. The minimum atomic E-state index is -0.362. The molecule has 0 fully saturated rings. The van der Waals surface area contributed by atoms with E-state index >= 15 is 0 Å². The Morgan fingerprint density at radius 3 is 1.45 bits per heavy atom. The van der Waals surface area contributed by atoms with Gasteiger partial charge in [0.2, 0.25) is 0 Å². The molecule has 4 heterocycles. The van der Waals surface area contributed by atoms with Gasteiger partial charge in [0.25, 0.3) is 23.6 Å². The second-order valence-corrected chi connectivity index (χ2v) is 23.0. The van der Waals surface area contributed by atoms with E-state index in [9.17, 15) is 19.2 Å². The van der Waals surface area contributed by atoms with Gasteiger partial charge < -0.3 is 25.4 Å². The van der Waals surface area contributed by atoms with E-state index in [0.29, 0.717) is 103 Å². The number of carbonyl (C=O) groups excluding carboxylic acids is 4. The van der Waals surface area contributed by atoms with E-state index < -0.39 is 0 Å². The summed E-state index contributed by atoms with van der Waals surface area (Å²) in [5, 5.41) is 7.66. The third-order valence-electron chi connectivity index (χ3n) is 14.9. The summed E-state index contributed by atoms with van der Waals surface area (Å²) in [6.07, 6.45) is 7.48. The molecule has 6 aromatic carbocycles. The standard InChI is InChI=1S/C68H69N9O4S2/c1-7-11-39-76(40-12-8-2)67(80)47-35-31-45(32-36-47)55-57(65-69-51-27-19-21-29-53(51)82-65)61(74-63(78)49-25-17-15-23-43(49)5)72-59(55)71-60-56(46-33-37-48(38-34-46)68(81)77(41-13-9-3)42-14-10-4)58(66-70-52-28-20-22-30-54(52)83-66)62(73-60)75-64(79)50-26-18-16-24-44(50)6/h15-38,72H,7-14,39-42H2,1-6H3,(H,74,78)(H,71,73,75,79). The van der Waals surface area contributed by atoms with E-state index in [-0.39, 0.29) is 35.3 Å². The van der Waals surface area contributed by atoms with Crippen molar-refractivity contribution in [2.75, 3.05) is 31.5 Å². The van der Waals surface area contributed by atoms with Crippen molar-refractivity contribution in [2.45, 2.75) is 92.9 Å². The van der Waals surface area contributed by atoms with Crippen LogP contribution in [0, 0.1) is 13.8 Å². The van der Waals surface area contributed by atoms with E-state index in [1.54, 1.807) is 12.1 Å². The lowest BCUT2D eigenvalue weighted by Crippen LogP contribution is -2.32. The highest BCUT2D eigenvalue weighted by Gasteiger charge is 2.34. The Balaban J connectivity index is 1.22. The molecule has 15 heteroatoms. The van der Waals surface area contributed by atoms with Crippen LogP contribution in [0.3, 0.4) is 0 Å². The molecule has 422 valence electrons. The highest BCUT2D eigenvalue weighted by atomic mass is 32.1. The Bertz CT molecular complexity index is 3860. The smallest absolute Gasteiger partial charge is 0.257 e. The number of anilines is 1. The fourth-order valence-corrected chi connectivity index (χ4v) is 12.3. The number of hydrogen-bond donors (Lipinski definition) is 3. The maximum Gasteiger partial charge on any atom is 0.257 e. The molecule has 9 aromatic rings. The maximum absolute atomic E-state index is 14.6. The lowest BCUT2D eigenvalue weighted by Gasteiger charge is -2.22. The number of hydrogen-bond acceptors (Lipinski definition) is 9. The van der Waals surface area contributed by atoms with E-state index in [4.69, 9.17) is 20.0 Å². The molecule has 0 bridgehead atoms. The van der Waals surface area contributed by atoms with Gasteiger partial charge in [0.1, 0.15) is 27.5 Å². The second-order valence-electron chi connectivity index (χ2n) is 20.9. The van der Waals surface area contributed by atoms with E-state index in [0.717, 1.165) is 82.9 Å². The molecule has 3 aromatic heterocycles. The van der Waals surface area contributed by atoms with Crippen molar-refractivity contribution in [3.05, 3.63) is 190 Å². The SMILES string of the molecule is CCCCN(CCCC)C(=O)c1ccc(C2=C(c3nc4ccccc4s3)C(NC(=O)c3ccccc3C)=NC2=Nc2[nH]c(NC(=O)c3ccccc3C)c(-c3nc4ccccc4s3)c2-c2ccc(C(=O)N(CCCC)CCCC)cc2)cc1. The number of nitrogens with zero attached hydrogens (tertiary/aromatic N) is 6. The summed E-state index contributed by atoms with van der Waals surface area (Å²) >= 11 is 2.96. The van der Waals surface area contributed by atoms with Crippen LogP contribution in [0.15, 0.2) is 156 Å². The zero-order valence-corrected chi connectivity index (χ0v) is 49.6. The van der Waals surface area contributed by atoms with Gasteiger partial charge in [-0.2, -0.15) is 0 Å². The van der Waals surface area contributed by atoms with Crippen LogP contribution in [0.1, 0.15) is 142 Å². The fourth-order valence-electron chi connectivity index (χ4n) is 10.3. The number of amidine groups is 2. The molecule has 0 atom stereocenters. The van der Waals surface area contributed by atoms with Crippen LogP contribution in [0.25, 0.3) is 53.3 Å². The van der Waals surface area contributed by atoms with Gasteiger partial charge >= 0.3 is 0 Å². The van der Waals surface area contributed by atoms with Crippen LogP contribution in [-0.2, 0) is 0 Å². The second kappa shape index (κ2) is 26.5. The molecular formula is C68H69N9O4S2. The van der Waals surface area contributed by atoms with E-state index in [1.807, 2.05) is 157 Å². The van der Waals surface area contributed by atoms with Gasteiger partial charge in [-0.15, -0.1) is 22.7 Å². The number of aryl methyl sites for hydroxylation is 2. The molecule has 0 unspecified atom stereocenters. The van der Waals surface area contributed by atoms with Gasteiger partial charge in [0.05, 0.1) is 31.6 Å². The number of benzene rings is 6. The largest absolute Gasteiger partial charge is 0.339 e. The van der Waals surface area contributed by atoms with Crippen molar-refractivity contribution in [2.24, 2.45) is 9.98 Å². The molecule has 0 radical (unpaired) electrons. The van der Waals surface area contributed by atoms with Gasteiger partial charge in [0, 0.05) is 59.6 Å². The Hall–Kier alpha value is -8.66. The summed E-state index contributed by atoms with van der Waals surface area (Å²) in [5.74, 6) is 0.369. The van der Waals surface area contributed by atoms with Gasteiger partial charge in [-0.1, -0.05) is 138 Å². The lowest BCUT2D eigenvalue weighted by atomic mass is 9.98. The Morgan fingerprint density at radius 2 is 0.952 bits per heavy atom. The van der Waals surface area contributed by atoms with Crippen molar-refractivity contribution >= 4 is 101 Å². The number of nitrogens with one attached hydrogen (secondary N) is 3. The van der Waals surface area contributed by atoms with Crippen molar-refractivity contribution < 1.29 is 19.2 Å². The molecule has 13 nitrogen and oxygen atoms in total. The van der Waals surface area contributed by atoms with Gasteiger partial charge in [-0.3, -0.25) is 19.2 Å². The number of rotatable bonds is 22. The number of fused-ring (bicyclic) bond motifs is 2. The summed E-state index contributed by atoms with van der Waals surface area (Å²) in [7, 11) is 0. The molecule has 0 spiro atoms. The number of aromatic amines is 1. The molecular weight excluding hydrogens is 1070 g/mol. The quantitative estimate of drug-likeness (QED) is 0.0611. The summed E-state index contributed by atoms with van der Waals surface area (Å²) < 4.78 is 1.88. The van der Waals surface area contributed by atoms with Crippen LogP contribution in [0.2, 0.25) is 0 Å². The molecule has 0 saturated heterocycles. The molecule has 0 saturated carbocycles. The predicted octanol–water partition coefficient (Wildman–Crippen LogP) is 16.0. The average Bonchev–Trinajstić information content (AvgIpc) is 3.45. The van der Waals surface area contributed by atoms with Crippen molar-refractivity contribution in [3.8, 4) is 21.7 Å². The zero-order chi connectivity index (χ0) is 58.0. The zero-order valence-electron chi connectivity index (χ0n) is 48.0. The summed E-state index contributed by atoms with van der Waals surface area (Å²) in [5.41, 5.74) is 8.88. The summed E-state index contributed by atoms with van der Waals surface area (Å²) in [6, 6.07) is 45.7. The highest BCUT2D eigenvalue weighted by molar-refractivity contribution is 7.21. The third kappa shape index (κ3) is 12.7. The minimum absolute atomic E-state index is 0.0365. The van der Waals surface area contributed by atoms with E-state index in [2.05, 4.69) is 43.3 Å². The summed E-state index contributed by atoms with van der Waals surface area (Å²) in [6.45, 7) is 15.0. The number of aromatic nitrogens is 3. The fraction of sp³-hybridized carbons (Fsp3) is 0.265. The molecule has 1 aliphatic rings. The number of aliphatic imine (C=N–C) groups is 2. The normalized spacial score (nSPS) is 12.8. The van der Waals surface area contributed by atoms with Gasteiger partial charge in [0.15, 0.2) is 5.84 Å². The van der Waals surface area contributed by atoms with Crippen LogP contribution in [0.5, 0.6) is 0 Å². The number of amides is 4. The van der Waals surface area contributed by atoms with Gasteiger partial charge in [-0.25, -0.2) is 20.0 Å². The number of unbranched alkanes of at least 4 members (excludes halogenated alkanes) is 4. The number of H-pyrrole nitrogens is 1. The van der Waals surface area contributed by atoms with Gasteiger partial charge in [-0.05, 0) is 122 Å². The van der Waals surface area contributed by atoms with Crippen LogP contribution in [-0.4, -0.2) is 86.2 Å². The number of carbonyl (C=O) groups is 4. The van der Waals surface area contributed by atoms with Crippen LogP contribution < -0.4 is 10.6 Å². The lowest BCUT2D eigenvalue weighted by molar-refractivity contribution is 0.0743. The van der Waals surface area contributed by atoms with E-state index in [1.165, 1.54) is 22.7 Å². The number of para-hydroxylation sites is 2. The van der Waals surface area contributed by atoms with Crippen molar-refractivity contribution in [1.29, 1.82) is 0 Å². The first kappa shape index (κ1) is 57.6. The third-order valence-corrected chi connectivity index (χ3v) is 17.0. The van der Waals surface area contributed by atoms with Crippen molar-refractivity contribution in [3.63, 3.8) is 0 Å². The molecule has 83 heavy (non-hydrogen) atoms. The molecule has 0 aliphatic carbocycles. The maximum atomic E-state index is 14.6. The first-order valence-corrected chi connectivity index (χ1v) is 30.5. The average molecular weight is 1140 g/mol. The molecule has 1 aliphatic heterocycles. The predicted molar refractivity (Wildman–Crippen MR) is 341 cm³/mol. The molecule has 10 rings (SSSR count). The Morgan fingerprint density at radius 1 is 0.506 bits per heavy atom. The first-order chi connectivity index (χ1) is 40.5. The van der Waals surface area contributed by atoms with Crippen molar-refractivity contribution in [1.82, 2.24) is 30.1 Å². The number of thiazole rings is 2. The Labute approximate surface area is 493 Å². The minimum Gasteiger partial charge on any atom is -0.339 e. The highest BCUT2D eigenvalue weighted by Crippen LogP contribution is 2.48. The first-order valence-electron chi connectivity index (χ1n) is 28.9. The molecule has 4 amide bonds. The monoisotopic (exact) mass is 1140 g/mol. The Kier molecular flexibility index (Phi) is 18.4. The molecule has 3 N–H and O–H groups in total.